The third kappa shape index (κ3) is 12.8. The van der Waals surface area contributed by atoms with Crippen LogP contribution in [0.5, 0.6) is 0 Å². The molecule has 0 radical (unpaired) electrons. The second kappa shape index (κ2) is 21.0. The highest BCUT2D eigenvalue weighted by Gasteiger charge is 2.38. The molecule has 0 spiro atoms. The van der Waals surface area contributed by atoms with Crippen LogP contribution in [0.25, 0.3) is 0 Å². The summed E-state index contributed by atoms with van der Waals surface area (Å²) in [5, 5.41) is 16.9. The molecule has 0 saturated heterocycles. The Morgan fingerprint density at radius 2 is 1.43 bits per heavy atom. The monoisotopic (exact) mass is 643 g/mol. The van der Waals surface area contributed by atoms with E-state index in [9.17, 15) is 19.5 Å². The average Bonchev–Trinajstić information content (AvgIpc) is 3.07. The van der Waals surface area contributed by atoms with Gasteiger partial charge < -0.3 is 15.3 Å². The number of hydrogen-bond acceptors (Lipinski definition) is 5. The van der Waals surface area contributed by atoms with E-state index >= 15 is 0 Å². The van der Waals surface area contributed by atoms with Crippen molar-refractivity contribution in [2.75, 3.05) is 26.2 Å². The molecule has 3 saturated carbocycles. The van der Waals surface area contributed by atoms with E-state index in [1.807, 2.05) is 9.91 Å². The average molecular weight is 643 g/mol. The highest BCUT2D eigenvalue weighted by molar-refractivity contribution is 5.83. The highest BCUT2D eigenvalue weighted by atomic mass is 16.3. The van der Waals surface area contributed by atoms with Crippen LogP contribution >= 0.6 is 0 Å². The van der Waals surface area contributed by atoms with Gasteiger partial charge in [-0.2, -0.15) is 0 Å². The molecule has 5 atom stereocenters. The number of hydrogen-bond donors (Lipinski definition) is 3. The molecule has 5 unspecified atom stereocenters. The highest BCUT2D eigenvalue weighted by Crippen LogP contribution is 2.35. The van der Waals surface area contributed by atoms with Crippen LogP contribution < -0.4 is 10.7 Å². The van der Waals surface area contributed by atoms with E-state index in [1.165, 1.54) is 38.5 Å². The Balaban J connectivity index is 1.71. The minimum absolute atomic E-state index is 0.0292. The van der Waals surface area contributed by atoms with Crippen molar-refractivity contribution in [2.24, 2.45) is 29.6 Å². The van der Waals surface area contributed by atoms with Gasteiger partial charge in [-0.15, -0.1) is 12.3 Å². The Morgan fingerprint density at radius 1 is 0.826 bits per heavy atom. The normalized spacial score (nSPS) is 24.1. The zero-order valence-corrected chi connectivity index (χ0v) is 29.4. The molecule has 3 amide bonds. The van der Waals surface area contributed by atoms with Crippen LogP contribution in [0, 0.1) is 41.9 Å². The van der Waals surface area contributed by atoms with Crippen molar-refractivity contribution in [3.05, 3.63) is 0 Å². The maximum atomic E-state index is 14.0. The van der Waals surface area contributed by atoms with Gasteiger partial charge in [0.1, 0.15) is 0 Å². The number of nitrogens with one attached hydrogen (secondary N) is 2. The number of aliphatic hydroxyl groups is 1. The van der Waals surface area contributed by atoms with E-state index in [1.54, 1.807) is 0 Å². The molecule has 3 rings (SSSR count). The van der Waals surface area contributed by atoms with E-state index in [0.29, 0.717) is 44.1 Å². The molecule has 46 heavy (non-hydrogen) atoms. The Bertz CT molecular complexity index is 949. The van der Waals surface area contributed by atoms with Crippen molar-refractivity contribution in [2.45, 2.75) is 155 Å². The minimum atomic E-state index is -0.827. The Kier molecular flexibility index (Phi) is 17.5. The first-order chi connectivity index (χ1) is 22.3. The maximum absolute atomic E-state index is 14.0. The summed E-state index contributed by atoms with van der Waals surface area (Å²) in [5.74, 6) is 3.08. The molecule has 0 aromatic heterocycles. The SMILES string of the molecule is C#CC1CC(C(=O)NC(CC2CCCCC2)C(O)CN(CCCC)NC(=O)CC2CCCCC2)CC(C(=O)N(CCC)CCC)C1. The van der Waals surface area contributed by atoms with Gasteiger partial charge in [0.25, 0.3) is 0 Å². The molecule has 262 valence electrons. The van der Waals surface area contributed by atoms with Crippen LogP contribution in [0.15, 0.2) is 0 Å². The lowest BCUT2D eigenvalue weighted by molar-refractivity contribution is -0.139. The zero-order valence-electron chi connectivity index (χ0n) is 29.4. The third-order valence-corrected chi connectivity index (χ3v) is 10.7. The van der Waals surface area contributed by atoms with Gasteiger partial charge in [-0.1, -0.05) is 78.6 Å². The van der Waals surface area contributed by atoms with E-state index in [0.717, 1.165) is 70.9 Å². The van der Waals surface area contributed by atoms with Crippen molar-refractivity contribution in [3.63, 3.8) is 0 Å². The van der Waals surface area contributed by atoms with Crippen LogP contribution in [0.4, 0.5) is 0 Å². The van der Waals surface area contributed by atoms with Gasteiger partial charge in [-0.05, 0) is 69.6 Å². The molecule has 0 heterocycles. The first kappa shape index (κ1) is 38.3. The van der Waals surface area contributed by atoms with Crippen molar-refractivity contribution in [3.8, 4) is 12.3 Å². The molecule has 0 aromatic carbocycles. The molecule has 0 bridgehead atoms. The summed E-state index contributed by atoms with van der Waals surface area (Å²) in [4.78, 5) is 42.5. The smallest absolute Gasteiger partial charge is 0.234 e. The van der Waals surface area contributed by atoms with E-state index < -0.39 is 12.1 Å². The number of unbranched alkanes of at least 4 members (excludes halogenated alkanes) is 1. The molecule has 8 heteroatoms. The number of carbonyl (C=O) groups excluding carboxylic acids is 3. The molecule has 8 nitrogen and oxygen atoms in total. The number of nitrogens with zero attached hydrogens (tertiary/aromatic N) is 2. The van der Waals surface area contributed by atoms with E-state index in [4.69, 9.17) is 6.42 Å². The summed E-state index contributed by atoms with van der Waals surface area (Å²) in [7, 11) is 0. The van der Waals surface area contributed by atoms with Crippen LogP contribution in [0.1, 0.15) is 143 Å². The topological polar surface area (TPSA) is 102 Å². The Hall–Kier alpha value is -2.11. The molecule has 3 N–H and O–H groups in total. The van der Waals surface area contributed by atoms with Gasteiger partial charge in [-0.3, -0.25) is 19.8 Å². The summed E-state index contributed by atoms with van der Waals surface area (Å²) in [6.07, 6.45) is 23.5. The zero-order chi connectivity index (χ0) is 33.3. The molecular formula is C38H66N4O4. The fraction of sp³-hybridized carbons (Fsp3) is 0.868. The summed E-state index contributed by atoms with van der Waals surface area (Å²) in [5.41, 5.74) is 3.13. The van der Waals surface area contributed by atoms with Crippen LogP contribution in [-0.4, -0.2) is 71.1 Å². The van der Waals surface area contributed by atoms with E-state index in [2.05, 4.69) is 37.4 Å². The predicted octanol–water partition coefficient (Wildman–Crippen LogP) is 6.22. The molecule has 3 aliphatic rings. The van der Waals surface area contributed by atoms with Gasteiger partial charge >= 0.3 is 0 Å². The molecular weight excluding hydrogens is 576 g/mol. The van der Waals surface area contributed by atoms with Crippen molar-refractivity contribution in [1.29, 1.82) is 0 Å². The van der Waals surface area contributed by atoms with Gasteiger partial charge in [0.05, 0.1) is 12.1 Å². The van der Waals surface area contributed by atoms with Gasteiger partial charge in [0, 0.05) is 50.4 Å². The Labute approximate surface area is 280 Å². The summed E-state index contributed by atoms with van der Waals surface area (Å²) in [6, 6.07) is -0.424. The maximum Gasteiger partial charge on any atom is 0.234 e. The number of terminal acetylenes is 1. The van der Waals surface area contributed by atoms with Crippen LogP contribution in [0.3, 0.4) is 0 Å². The summed E-state index contributed by atoms with van der Waals surface area (Å²) in [6.45, 7) is 8.68. The number of amides is 3. The third-order valence-electron chi connectivity index (χ3n) is 10.7. The van der Waals surface area contributed by atoms with E-state index in [-0.39, 0.29) is 42.0 Å². The number of hydrazine groups is 1. The van der Waals surface area contributed by atoms with Crippen molar-refractivity contribution >= 4 is 17.7 Å². The fourth-order valence-electron chi connectivity index (χ4n) is 8.17. The first-order valence-corrected chi connectivity index (χ1v) is 19.0. The largest absolute Gasteiger partial charge is 0.390 e. The fourth-order valence-corrected chi connectivity index (χ4v) is 8.17. The minimum Gasteiger partial charge on any atom is -0.390 e. The second-order valence-electron chi connectivity index (χ2n) is 14.8. The van der Waals surface area contributed by atoms with Gasteiger partial charge in [0.15, 0.2) is 0 Å². The van der Waals surface area contributed by atoms with Crippen LogP contribution in [-0.2, 0) is 14.4 Å². The van der Waals surface area contributed by atoms with Gasteiger partial charge in [0.2, 0.25) is 17.7 Å². The molecule has 0 aromatic rings. The lowest BCUT2D eigenvalue weighted by Crippen LogP contribution is -2.54. The molecule has 3 aliphatic carbocycles. The standard InChI is InChI=1S/C38H66N4O4/c1-5-9-22-42(40-36(44)26-31-18-14-11-15-19-31)28-35(43)34(25-30-16-12-10-13-17-30)39-37(45)32-23-29(8-4)24-33(27-32)38(46)41(20-6-2)21-7-3/h4,29-35,43H,5-7,9-28H2,1-3H3,(H,39,45)(H,40,44). The summed E-state index contributed by atoms with van der Waals surface area (Å²) >= 11 is 0. The van der Waals surface area contributed by atoms with Crippen molar-refractivity contribution in [1.82, 2.24) is 20.7 Å². The second-order valence-corrected chi connectivity index (χ2v) is 14.8. The van der Waals surface area contributed by atoms with Crippen molar-refractivity contribution < 1.29 is 19.5 Å². The van der Waals surface area contributed by atoms with Gasteiger partial charge in [-0.25, -0.2) is 5.01 Å². The number of aliphatic hydroxyl groups excluding tert-OH is 1. The predicted molar refractivity (Wildman–Crippen MR) is 185 cm³/mol. The molecule has 3 fully saturated rings. The van der Waals surface area contributed by atoms with Crippen LogP contribution in [0.2, 0.25) is 0 Å². The summed E-state index contributed by atoms with van der Waals surface area (Å²) < 4.78 is 0. The number of carbonyl (C=O) groups is 3. The molecule has 0 aliphatic heterocycles. The lowest BCUT2D eigenvalue weighted by Gasteiger charge is -2.37. The first-order valence-electron chi connectivity index (χ1n) is 19.0. The number of rotatable bonds is 18. The quantitative estimate of drug-likeness (QED) is 0.122. The lowest BCUT2D eigenvalue weighted by atomic mass is 9.74. The Morgan fingerprint density at radius 3 is 2.02 bits per heavy atom.